The Morgan fingerprint density at radius 3 is 2.08 bits per heavy atom. The number of benzene rings is 1. The Morgan fingerprint density at radius 1 is 0.962 bits per heavy atom. The lowest BCUT2D eigenvalue weighted by atomic mass is 9.49. The molecule has 6 heteroatoms. The minimum absolute atomic E-state index is 0.0909. The van der Waals surface area contributed by atoms with Crippen molar-refractivity contribution >= 4 is 23.4 Å². The summed E-state index contributed by atoms with van der Waals surface area (Å²) >= 11 is 5.80. The summed E-state index contributed by atoms with van der Waals surface area (Å²) in [7, 11) is 0. The van der Waals surface area contributed by atoms with Crippen LogP contribution in [0, 0.1) is 23.2 Å². The lowest BCUT2D eigenvalue weighted by Crippen LogP contribution is -2.50. The van der Waals surface area contributed by atoms with Crippen molar-refractivity contribution in [1.29, 1.82) is 0 Å². The normalized spacial score (nSPS) is 31.5. The molecular formula is C20H25ClN2O3. The average molecular weight is 377 g/mol. The smallest absolute Gasteiger partial charge is 0.276 e. The van der Waals surface area contributed by atoms with Crippen LogP contribution < -0.4 is 15.6 Å². The van der Waals surface area contributed by atoms with Crippen LogP contribution in [0.25, 0.3) is 0 Å². The van der Waals surface area contributed by atoms with Crippen LogP contribution in [0.4, 0.5) is 0 Å². The number of hydrazine groups is 1. The lowest BCUT2D eigenvalue weighted by molar-refractivity contribution is -0.134. The van der Waals surface area contributed by atoms with Gasteiger partial charge in [0.25, 0.3) is 5.91 Å². The standard InChI is InChI=1S/C20H25ClN2O3/c21-16-1-3-17(4-2-16)26-12-19(25)23-22-18(24)11-20-8-13-5-14(9-20)7-15(6-13)10-20/h1-4,13-15H,5-12H2,(H,22,24)(H,23,25). The molecule has 2 amide bonds. The zero-order valence-electron chi connectivity index (χ0n) is 14.8. The van der Waals surface area contributed by atoms with E-state index in [0.717, 1.165) is 17.8 Å². The predicted octanol–water partition coefficient (Wildman–Crippen LogP) is 3.47. The van der Waals surface area contributed by atoms with Gasteiger partial charge in [-0.1, -0.05) is 11.6 Å². The number of carbonyl (C=O) groups is 2. The molecule has 1 aromatic rings. The summed E-state index contributed by atoms with van der Waals surface area (Å²) in [4.78, 5) is 24.2. The van der Waals surface area contributed by atoms with Crippen LogP contribution in [-0.4, -0.2) is 18.4 Å². The van der Waals surface area contributed by atoms with Gasteiger partial charge in [0.15, 0.2) is 6.61 Å². The third-order valence-electron chi connectivity index (χ3n) is 6.23. The molecule has 5 rings (SSSR count). The van der Waals surface area contributed by atoms with Gasteiger partial charge < -0.3 is 4.74 Å². The minimum Gasteiger partial charge on any atom is -0.484 e. The number of hydrogen-bond acceptors (Lipinski definition) is 3. The van der Waals surface area contributed by atoms with Gasteiger partial charge in [0.05, 0.1) is 0 Å². The predicted molar refractivity (Wildman–Crippen MR) is 98.5 cm³/mol. The number of rotatable bonds is 5. The van der Waals surface area contributed by atoms with Gasteiger partial charge in [-0.15, -0.1) is 0 Å². The Kier molecular flexibility index (Phi) is 4.82. The Bertz CT molecular complexity index is 654. The molecule has 4 saturated carbocycles. The largest absolute Gasteiger partial charge is 0.484 e. The van der Waals surface area contributed by atoms with Gasteiger partial charge in [-0.25, -0.2) is 0 Å². The van der Waals surface area contributed by atoms with Crippen molar-refractivity contribution in [1.82, 2.24) is 10.9 Å². The summed E-state index contributed by atoms with van der Waals surface area (Å²) in [5.74, 6) is 2.54. The molecule has 4 fully saturated rings. The first kappa shape index (κ1) is 17.7. The third kappa shape index (κ3) is 3.98. The van der Waals surface area contributed by atoms with Crippen molar-refractivity contribution < 1.29 is 14.3 Å². The molecule has 0 atom stereocenters. The Morgan fingerprint density at radius 2 is 1.50 bits per heavy atom. The van der Waals surface area contributed by atoms with E-state index in [9.17, 15) is 9.59 Å². The first-order valence-corrected chi connectivity index (χ1v) is 9.83. The zero-order valence-corrected chi connectivity index (χ0v) is 15.6. The molecule has 26 heavy (non-hydrogen) atoms. The maximum Gasteiger partial charge on any atom is 0.276 e. The molecule has 1 aromatic carbocycles. The molecule has 0 heterocycles. The van der Waals surface area contributed by atoms with E-state index in [0.29, 0.717) is 17.2 Å². The second kappa shape index (κ2) is 7.10. The summed E-state index contributed by atoms with van der Waals surface area (Å²) in [5, 5.41) is 0.610. The van der Waals surface area contributed by atoms with Crippen LogP contribution in [0.2, 0.25) is 5.02 Å². The van der Waals surface area contributed by atoms with Gasteiger partial charge in [-0.3, -0.25) is 20.4 Å². The molecule has 0 radical (unpaired) electrons. The highest BCUT2D eigenvalue weighted by Crippen LogP contribution is 2.61. The van der Waals surface area contributed by atoms with Crippen molar-refractivity contribution in [2.45, 2.75) is 44.9 Å². The van der Waals surface area contributed by atoms with Crippen molar-refractivity contribution in [2.24, 2.45) is 23.2 Å². The van der Waals surface area contributed by atoms with E-state index in [1.165, 1.54) is 38.5 Å². The van der Waals surface area contributed by atoms with Crippen LogP contribution in [0.3, 0.4) is 0 Å². The van der Waals surface area contributed by atoms with E-state index in [1.807, 2.05) is 0 Å². The van der Waals surface area contributed by atoms with E-state index >= 15 is 0 Å². The van der Waals surface area contributed by atoms with Gasteiger partial charge in [0.2, 0.25) is 5.91 Å². The number of ether oxygens (including phenoxy) is 1. The van der Waals surface area contributed by atoms with Crippen molar-refractivity contribution in [3.05, 3.63) is 29.3 Å². The van der Waals surface area contributed by atoms with Crippen molar-refractivity contribution in [3.8, 4) is 5.75 Å². The first-order chi connectivity index (χ1) is 12.5. The van der Waals surface area contributed by atoms with E-state index in [4.69, 9.17) is 16.3 Å². The van der Waals surface area contributed by atoms with E-state index < -0.39 is 0 Å². The molecule has 0 spiro atoms. The summed E-state index contributed by atoms with van der Waals surface area (Å²) < 4.78 is 5.37. The molecule has 0 saturated heterocycles. The van der Waals surface area contributed by atoms with Crippen LogP contribution >= 0.6 is 11.6 Å². The minimum atomic E-state index is -0.376. The van der Waals surface area contributed by atoms with Gasteiger partial charge in [0, 0.05) is 11.4 Å². The summed E-state index contributed by atoms with van der Waals surface area (Å²) in [6.45, 7) is -0.153. The summed E-state index contributed by atoms with van der Waals surface area (Å²) in [6, 6.07) is 6.78. The lowest BCUT2D eigenvalue weighted by Gasteiger charge is -2.56. The van der Waals surface area contributed by atoms with Crippen LogP contribution in [-0.2, 0) is 9.59 Å². The molecule has 0 unspecified atom stereocenters. The van der Waals surface area contributed by atoms with Crippen LogP contribution in [0.5, 0.6) is 5.75 Å². The fraction of sp³-hybridized carbons (Fsp3) is 0.600. The average Bonchev–Trinajstić information content (AvgIpc) is 2.58. The fourth-order valence-electron chi connectivity index (χ4n) is 5.75. The van der Waals surface area contributed by atoms with Gasteiger partial charge in [-0.2, -0.15) is 0 Å². The maximum absolute atomic E-state index is 12.4. The summed E-state index contributed by atoms with van der Waals surface area (Å²) in [6.07, 6.45) is 8.15. The highest BCUT2D eigenvalue weighted by molar-refractivity contribution is 6.30. The van der Waals surface area contributed by atoms with E-state index in [-0.39, 0.29) is 23.8 Å². The number of nitrogens with one attached hydrogen (secondary N) is 2. The molecule has 0 aromatic heterocycles. The molecule has 4 aliphatic carbocycles. The highest BCUT2D eigenvalue weighted by atomic mass is 35.5. The second-order valence-electron chi connectivity index (χ2n) is 8.43. The molecule has 2 N–H and O–H groups in total. The van der Waals surface area contributed by atoms with E-state index in [1.54, 1.807) is 24.3 Å². The van der Waals surface area contributed by atoms with Gasteiger partial charge in [-0.05, 0) is 86.0 Å². The Balaban J connectivity index is 1.21. The SMILES string of the molecule is O=C(COc1ccc(Cl)cc1)NNC(=O)CC12CC3CC(CC(C3)C1)C2. The van der Waals surface area contributed by atoms with E-state index in [2.05, 4.69) is 10.9 Å². The second-order valence-corrected chi connectivity index (χ2v) is 8.87. The highest BCUT2D eigenvalue weighted by Gasteiger charge is 2.51. The molecule has 4 bridgehead atoms. The number of halogens is 1. The number of hydrogen-bond donors (Lipinski definition) is 2. The first-order valence-electron chi connectivity index (χ1n) is 9.46. The summed E-state index contributed by atoms with van der Waals surface area (Å²) in [5.41, 5.74) is 5.19. The molecule has 5 nitrogen and oxygen atoms in total. The monoisotopic (exact) mass is 376 g/mol. The van der Waals surface area contributed by atoms with Crippen molar-refractivity contribution in [2.75, 3.05) is 6.61 Å². The van der Waals surface area contributed by atoms with Crippen LogP contribution in [0.15, 0.2) is 24.3 Å². The quantitative estimate of drug-likeness (QED) is 0.773. The van der Waals surface area contributed by atoms with Gasteiger partial charge in [0.1, 0.15) is 5.75 Å². The molecule has 4 aliphatic rings. The molecule has 0 aliphatic heterocycles. The number of amides is 2. The Labute approximate surface area is 158 Å². The van der Waals surface area contributed by atoms with Gasteiger partial charge >= 0.3 is 0 Å². The Hall–Kier alpha value is -1.75. The van der Waals surface area contributed by atoms with Crippen molar-refractivity contribution in [3.63, 3.8) is 0 Å². The van der Waals surface area contributed by atoms with Crippen LogP contribution in [0.1, 0.15) is 44.9 Å². The molecular weight excluding hydrogens is 352 g/mol. The topological polar surface area (TPSA) is 67.4 Å². The maximum atomic E-state index is 12.4. The number of carbonyl (C=O) groups excluding carboxylic acids is 2. The molecule has 140 valence electrons. The zero-order chi connectivity index (χ0) is 18.1. The fourth-order valence-corrected chi connectivity index (χ4v) is 5.87. The third-order valence-corrected chi connectivity index (χ3v) is 6.48.